The second-order valence-electron chi connectivity index (χ2n) is 6.03. The molecule has 1 aliphatic heterocycles. The van der Waals surface area contributed by atoms with E-state index in [0.29, 0.717) is 12.1 Å². The lowest BCUT2D eigenvalue weighted by Crippen LogP contribution is -2.44. The van der Waals surface area contributed by atoms with Crippen molar-refractivity contribution in [1.29, 1.82) is 0 Å². The third-order valence-electron chi connectivity index (χ3n) is 4.36. The van der Waals surface area contributed by atoms with E-state index < -0.39 is 4.92 Å². The first kappa shape index (κ1) is 14.1. The van der Waals surface area contributed by atoms with Crippen molar-refractivity contribution >= 4 is 17.1 Å². The predicted octanol–water partition coefficient (Wildman–Crippen LogP) is 2.29. The van der Waals surface area contributed by atoms with Crippen molar-refractivity contribution in [2.75, 3.05) is 23.7 Å². The maximum atomic E-state index is 10.9. The highest BCUT2D eigenvalue weighted by molar-refractivity contribution is 5.67. The molecule has 114 valence electrons. The SMILES string of the molecule is Nc1cc(N(CC2CCCCN2)C2CC2)ccc1[N+](=O)[O-]. The minimum absolute atomic E-state index is 0.00899. The molecule has 0 amide bonds. The molecule has 0 radical (unpaired) electrons. The maximum absolute atomic E-state index is 10.9. The number of piperidine rings is 1. The summed E-state index contributed by atoms with van der Waals surface area (Å²) in [6, 6.07) is 6.17. The number of benzene rings is 1. The van der Waals surface area contributed by atoms with Crippen LogP contribution in [0.5, 0.6) is 0 Å². The molecule has 0 bridgehead atoms. The zero-order valence-electron chi connectivity index (χ0n) is 12.1. The van der Waals surface area contributed by atoms with Crippen molar-refractivity contribution in [3.63, 3.8) is 0 Å². The summed E-state index contributed by atoms with van der Waals surface area (Å²) in [6.07, 6.45) is 6.13. The normalized spacial score (nSPS) is 22.0. The lowest BCUT2D eigenvalue weighted by molar-refractivity contribution is -0.383. The van der Waals surface area contributed by atoms with Gasteiger partial charge in [-0.1, -0.05) is 6.42 Å². The third kappa shape index (κ3) is 3.26. The van der Waals surface area contributed by atoms with Crippen molar-refractivity contribution in [3.05, 3.63) is 28.3 Å². The number of hydrogen-bond donors (Lipinski definition) is 2. The third-order valence-corrected chi connectivity index (χ3v) is 4.36. The molecule has 3 rings (SSSR count). The monoisotopic (exact) mass is 290 g/mol. The molecule has 6 heteroatoms. The quantitative estimate of drug-likeness (QED) is 0.494. The number of nitrogen functional groups attached to an aromatic ring is 1. The van der Waals surface area contributed by atoms with Crippen LogP contribution in [0.1, 0.15) is 32.1 Å². The van der Waals surface area contributed by atoms with E-state index in [-0.39, 0.29) is 11.4 Å². The largest absolute Gasteiger partial charge is 0.393 e. The fraction of sp³-hybridized carbons (Fsp3) is 0.600. The van der Waals surface area contributed by atoms with Crippen molar-refractivity contribution in [3.8, 4) is 0 Å². The van der Waals surface area contributed by atoms with Gasteiger partial charge in [0.15, 0.2) is 0 Å². The molecule has 2 fully saturated rings. The van der Waals surface area contributed by atoms with Gasteiger partial charge in [0.1, 0.15) is 5.69 Å². The molecule has 1 aromatic carbocycles. The van der Waals surface area contributed by atoms with Gasteiger partial charge in [-0.2, -0.15) is 0 Å². The highest BCUT2D eigenvalue weighted by Crippen LogP contribution is 2.35. The number of anilines is 2. The molecular formula is C15H22N4O2. The van der Waals surface area contributed by atoms with Gasteiger partial charge >= 0.3 is 0 Å². The highest BCUT2D eigenvalue weighted by atomic mass is 16.6. The van der Waals surface area contributed by atoms with Crippen LogP contribution >= 0.6 is 0 Å². The van der Waals surface area contributed by atoms with Gasteiger partial charge in [0.25, 0.3) is 5.69 Å². The second-order valence-corrected chi connectivity index (χ2v) is 6.03. The van der Waals surface area contributed by atoms with Crippen molar-refractivity contribution in [2.24, 2.45) is 0 Å². The van der Waals surface area contributed by atoms with E-state index in [9.17, 15) is 10.1 Å². The lowest BCUT2D eigenvalue weighted by Gasteiger charge is -2.32. The number of nitrogens with zero attached hydrogens (tertiary/aromatic N) is 2. The number of nitrogens with two attached hydrogens (primary N) is 1. The Balaban J connectivity index is 1.77. The summed E-state index contributed by atoms with van der Waals surface area (Å²) >= 11 is 0. The first-order chi connectivity index (χ1) is 10.1. The van der Waals surface area contributed by atoms with Crippen LogP contribution in [0.3, 0.4) is 0 Å². The minimum Gasteiger partial charge on any atom is -0.393 e. The van der Waals surface area contributed by atoms with E-state index in [1.54, 1.807) is 6.07 Å². The average Bonchev–Trinajstić information content (AvgIpc) is 3.30. The zero-order chi connectivity index (χ0) is 14.8. The summed E-state index contributed by atoms with van der Waals surface area (Å²) in [4.78, 5) is 12.8. The molecular weight excluding hydrogens is 268 g/mol. The summed E-state index contributed by atoms with van der Waals surface area (Å²) in [7, 11) is 0. The van der Waals surface area contributed by atoms with Gasteiger partial charge in [-0.3, -0.25) is 10.1 Å². The molecule has 6 nitrogen and oxygen atoms in total. The Kier molecular flexibility index (Phi) is 3.96. The molecule has 1 heterocycles. The van der Waals surface area contributed by atoms with Crippen molar-refractivity contribution < 1.29 is 4.92 Å². The van der Waals surface area contributed by atoms with Crippen LogP contribution in [0.15, 0.2) is 18.2 Å². The Hall–Kier alpha value is -1.82. The van der Waals surface area contributed by atoms with E-state index in [1.807, 2.05) is 6.07 Å². The van der Waals surface area contributed by atoms with Crippen LogP contribution in [0, 0.1) is 10.1 Å². The summed E-state index contributed by atoms with van der Waals surface area (Å²) in [5, 5.41) is 14.4. The molecule has 1 saturated heterocycles. The van der Waals surface area contributed by atoms with Gasteiger partial charge in [-0.05, 0) is 44.4 Å². The number of rotatable bonds is 5. The maximum Gasteiger partial charge on any atom is 0.292 e. The van der Waals surface area contributed by atoms with E-state index in [4.69, 9.17) is 5.73 Å². The first-order valence-electron chi connectivity index (χ1n) is 7.69. The number of nitro benzene ring substituents is 1. The standard InChI is InChI=1S/C15H22N4O2/c16-14-9-13(6-7-15(14)19(20)21)18(12-4-5-12)10-11-3-1-2-8-17-11/h6-7,9,11-12,17H,1-5,8,10,16H2. The molecule has 0 spiro atoms. The number of hydrogen-bond acceptors (Lipinski definition) is 5. The molecule has 1 aliphatic carbocycles. The van der Waals surface area contributed by atoms with Crippen molar-refractivity contribution in [2.45, 2.75) is 44.2 Å². The summed E-state index contributed by atoms with van der Waals surface area (Å²) in [5.41, 5.74) is 7.08. The second kappa shape index (κ2) is 5.89. The number of nitrogens with one attached hydrogen (secondary N) is 1. The van der Waals surface area contributed by atoms with E-state index >= 15 is 0 Å². The van der Waals surface area contributed by atoms with E-state index in [1.165, 1.54) is 38.2 Å². The summed E-state index contributed by atoms with van der Waals surface area (Å²) < 4.78 is 0. The van der Waals surface area contributed by atoms with Gasteiger partial charge in [-0.15, -0.1) is 0 Å². The first-order valence-corrected chi connectivity index (χ1v) is 7.69. The van der Waals surface area contributed by atoms with Crippen LogP contribution in [0.2, 0.25) is 0 Å². The van der Waals surface area contributed by atoms with E-state index in [2.05, 4.69) is 10.2 Å². The Morgan fingerprint density at radius 2 is 2.14 bits per heavy atom. The van der Waals surface area contributed by atoms with Gasteiger partial charge < -0.3 is 16.0 Å². The lowest BCUT2D eigenvalue weighted by atomic mass is 10.0. The molecule has 1 saturated carbocycles. The Morgan fingerprint density at radius 1 is 1.33 bits per heavy atom. The van der Waals surface area contributed by atoms with Gasteiger partial charge in [-0.25, -0.2) is 0 Å². The zero-order valence-corrected chi connectivity index (χ0v) is 12.1. The fourth-order valence-electron chi connectivity index (χ4n) is 3.06. The van der Waals surface area contributed by atoms with Crippen LogP contribution in [0.4, 0.5) is 17.1 Å². The molecule has 0 aromatic heterocycles. The van der Waals surface area contributed by atoms with Gasteiger partial charge in [0.05, 0.1) is 4.92 Å². The van der Waals surface area contributed by atoms with Crippen LogP contribution in [-0.4, -0.2) is 30.1 Å². The number of nitro groups is 1. The fourth-order valence-corrected chi connectivity index (χ4v) is 3.06. The molecule has 21 heavy (non-hydrogen) atoms. The van der Waals surface area contributed by atoms with Crippen LogP contribution in [-0.2, 0) is 0 Å². The Morgan fingerprint density at radius 3 is 2.71 bits per heavy atom. The Bertz CT molecular complexity index is 524. The summed E-state index contributed by atoms with van der Waals surface area (Å²) in [5.74, 6) is 0. The molecule has 2 aliphatic rings. The van der Waals surface area contributed by atoms with Crippen molar-refractivity contribution in [1.82, 2.24) is 5.32 Å². The molecule has 3 N–H and O–H groups in total. The summed E-state index contributed by atoms with van der Waals surface area (Å²) in [6.45, 7) is 2.05. The molecule has 1 atom stereocenters. The predicted molar refractivity (Wildman–Crippen MR) is 83.5 cm³/mol. The Labute approximate surface area is 124 Å². The molecule has 1 aromatic rings. The average molecular weight is 290 g/mol. The van der Waals surface area contributed by atoms with Gasteiger partial charge in [0, 0.05) is 30.4 Å². The smallest absolute Gasteiger partial charge is 0.292 e. The topological polar surface area (TPSA) is 84.4 Å². The molecule has 1 unspecified atom stereocenters. The highest BCUT2D eigenvalue weighted by Gasteiger charge is 2.31. The minimum atomic E-state index is -0.427. The van der Waals surface area contributed by atoms with E-state index in [0.717, 1.165) is 18.8 Å². The van der Waals surface area contributed by atoms with Crippen LogP contribution < -0.4 is 16.0 Å². The van der Waals surface area contributed by atoms with Gasteiger partial charge in [0.2, 0.25) is 0 Å². The van der Waals surface area contributed by atoms with Crippen LogP contribution in [0.25, 0.3) is 0 Å².